The summed E-state index contributed by atoms with van der Waals surface area (Å²) in [6.07, 6.45) is 1.88. The molecule has 218 valence electrons. The first-order valence-corrected chi connectivity index (χ1v) is 16.4. The van der Waals surface area contributed by atoms with Gasteiger partial charge in [0.1, 0.15) is 0 Å². The average Bonchev–Trinajstić information content (AvgIpc) is 3.79. The number of pyridine rings is 1. The normalized spacial score (nSPS) is 11.8. The van der Waals surface area contributed by atoms with Crippen LogP contribution in [0.3, 0.4) is 0 Å². The van der Waals surface area contributed by atoms with Crippen LogP contribution in [0.5, 0.6) is 0 Å². The fraction of sp³-hybridized carbons (Fsp3) is 0. The molecule has 0 atom stereocenters. The second-order valence-electron chi connectivity index (χ2n) is 11.9. The highest BCUT2D eigenvalue weighted by Gasteiger charge is 2.19. The molecule has 0 unspecified atom stereocenters. The molecule has 0 fully saturated rings. The molecule has 0 radical (unpaired) electrons. The summed E-state index contributed by atoms with van der Waals surface area (Å²) in [5.41, 5.74) is 10.1. The van der Waals surface area contributed by atoms with Crippen molar-refractivity contribution in [1.82, 2.24) is 14.1 Å². The van der Waals surface area contributed by atoms with Crippen molar-refractivity contribution < 1.29 is 0 Å². The van der Waals surface area contributed by atoms with Crippen LogP contribution in [-0.4, -0.2) is 14.1 Å². The van der Waals surface area contributed by atoms with Crippen LogP contribution < -0.4 is 0 Å². The fourth-order valence-corrected chi connectivity index (χ4v) is 8.50. The van der Waals surface area contributed by atoms with Crippen molar-refractivity contribution in [2.24, 2.45) is 0 Å². The molecule has 5 heteroatoms. The summed E-state index contributed by atoms with van der Waals surface area (Å²) in [6.45, 7) is 0. The van der Waals surface area contributed by atoms with Crippen molar-refractivity contribution in [1.29, 1.82) is 5.26 Å². The Labute approximate surface area is 273 Å². The van der Waals surface area contributed by atoms with Gasteiger partial charge in [-0.25, -0.2) is 0 Å². The third-order valence-corrected chi connectivity index (χ3v) is 10.5. The largest absolute Gasteiger partial charge is 0.309 e. The Bertz CT molecular complexity index is 2880. The van der Waals surface area contributed by atoms with E-state index in [4.69, 9.17) is 4.98 Å². The number of benzene rings is 6. The van der Waals surface area contributed by atoms with E-state index in [1.165, 1.54) is 36.5 Å². The predicted octanol–water partition coefficient (Wildman–Crippen LogP) is 11.2. The van der Waals surface area contributed by atoms with E-state index in [2.05, 4.69) is 137 Å². The Hall–Kier alpha value is -6.22. The standard InChI is InChI=1S/C42H24N4S/c43-25-26-21-28(24-30(22-26)45-35-14-4-1-11-31(35)32-12-2-5-15-36(32)45)27-9-7-10-29(23-27)46-37-16-8-20-44-41(37)34-18-19-39-40(42(34)46)33-13-3-6-17-38(33)47-39/h1-24H. The highest BCUT2D eigenvalue weighted by molar-refractivity contribution is 7.26. The van der Waals surface area contributed by atoms with Crippen molar-refractivity contribution in [3.8, 4) is 28.6 Å². The molecule has 0 bridgehead atoms. The van der Waals surface area contributed by atoms with E-state index in [9.17, 15) is 5.26 Å². The van der Waals surface area contributed by atoms with Crippen LogP contribution in [0.4, 0.5) is 0 Å². The Morgan fingerprint density at radius 3 is 2.06 bits per heavy atom. The van der Waals surface area contributed by atoms with Gasteiger partial charge >= 0.3 is 0 Å². The molecule has 0 N–H and O–H groups in total. The van der Waals surface area contributed by atoms with E-state index >= 15 is 0 Å². The number of thiophene rings is 1. The first kappa shape index (κ1) is 26.0. The average molecular weight is 617 g/mol. The van der Waals surface area contributed by atoms with Gasteiger partial charge in [0.25, 0.3) is 0 Å². The highest BCUT2D eigenvalue weighted by atomic mass is 32.1. The summed E-state index contributed by atoms with van der Waals surface area (Å²) < 4.78 is 7.18. The topological polar surface area (TPSA) is 46.5 Å². The number of fused-ring (bicyclic) bond motifs is 10. The maximum atomic E-state index is 10.2. The first-order valence-electron chi connectivity index (χ1n) is 15.6. The number of hydrogen-bond acceptors (Lipinski definition) is 3. The molecule has 0 saturated heterocycles. The van der Waals surface area contributed by atoms with Crippen molar-refractivity contribution in [2.45, 2.75) is 0 Å². The molecule has 4 heterocycles. The fourth-order valence-electron chi connectivity index (χ4n) is 7.39. The lowest BCUT2D eigenvalue weighted by Crippen LogP contribution is -1.97. The second kappa shape index (κ2) is 9.89. The van der Waals surface area contributed by atoms with E-state index in [-0.39, 0.29) is 0 Å². The maximum Gasteiger partial charge on any atom is 0.0992 e. The van der Waals surface area contributed by atoms with Crippen LogP contribution >= 0.6 is 11.3 Å². The summed E-state index contributed by atoms with van der Waals surface area (Å²) >= 11 is 1.83. The Morgan fingerprint density at radius 2 is 1.26 bits per heavy atom. The van der Waals surface area contributed by atoms with Crippen LogP contribution in [0.25, 0.3) is 86.4 Å². The minimum atomic E-state index is 0.622. The van der Waals surface area contributed by atoms with Gasteiger partial charge in [-0.2, -0.15) is 5.26 Å². The van der Waals surface area contributed by atoms with Gasteiger partial charge < -0.3 is 9.13 Å². The molecule has 0 aliphatic carbocycles. The number of rotatable bonds is 3. The zero-order valence-corrected chi connectivity index (χ0v) is 25.9. The number of nitriles is 1. The highest BCUT2D eigenvalue weighted by Crippen LogP contribution is 2.43. The van der Waals surface area contributed by atoms with Crippen LogP contribution in [0.2, 0.25) is 0 Å². The van der Waals surface area contributed by atoms with E-state index in [0.29, 0.717) is 5.56 Å². The molecule has 0 aliphatic heterocycles. The molecule has 0 saturated carbocycles. The van der Waals surface area contributed by atoms with E-state index in [1.807, 2.05) is 35.7 Å². The zero-order chi connectivity index (χ0) is 31.1. The molecule has 4 aromatic heterocycles. The molecule has 0 amide bonds. The molecule has 6 aromatic carbocycles. The van der Waals surface area contributed by atoms with Gasteiger partial charge in [0.15, 0.2) is 0 Å². The van der Waals surface area contributed by atoms with Gasteiger partial charge in [0.05, 0.1) is 39.2 Å². The lowest BCUT2D eigenvalue weighted by molar-refractivity contribution is 1.17. The van der Waals surface area contributed by atoms with Crippen molar-refractivity contribution in [3.05, 3.63) is 151 Å². The third kappa shape index (κ3) is 3.77. The molecule has 4 nitrogen and oxygen atoms in total. The number of para-hydroxylation sites is 2. The molecule has 0 spiro atoms. The maximum absolute atomic E-state index is 10.2. The van der Waals surface area contributed by atoms with Gasteiger partial charge in [-0.15, -0.1) is 11.3 Å². The van der Waals surface area contributed by atoms with Crippen LogP contribution in [0.1, 0.15) is 5.56 Å². The summed E-state index contributed by atoms with van der Waals surface area (Å²) in [4.78, 5) is 4.86. The molecule has 0 aliphatic rings. The zero-order valence-electron chi connectivity index (χ0n) is 25.1. The monoisotopic (exact) mass is 616 g/mol. The smallest absolute Gasteiger partial charge is 0.0992 e. The summed E-state index contributed by atoms with van der Waals surface area (Å²) in [5, 5.41) is 16.2. The van der Waals surface area contributed by atoms with Crippen LogP contribution in [0, 0.1) is 11.3 Å². The Morgan fingerprint density at radius 1 is 0.532 bits per heavy atom. The third-order valence-electron chi connectivity index (χ3n) is 9.34. The summed E-state index contributed by atoms with van der Waals surface area (Å²) in [6, 6.07) is 51.5. The minimum Gasteiger partial charge on any atom is -0.309 e. The van der Waals surface area contributed by atoms with Crippen LogP contribution in [0.15, 0.2) is 146 Å². The first-order chi connectivity index (χ1) is 23.3. The number of nitrogens with zero attached hydrogens (tertiary/aromatic N) is 4. The van der Waals surface area contributed by atoms with Crippen molar-refractivity contribution >= 4 is 75.3 Å². The van der Waals surface area contributed by atoms with E-state index < -0.39 is 0 Å². The van der Waals surface area contributed by atoms with Crippen molar-refractivity contribution in [3.63, 3.8) is 0 Å². The minimum absolute atomic E-state index is 0.622. The van der Waals surface area contributed by atoms with E-state index in [1.54, 1.807) is 0 Å². The Balaban J connectivity index is 1.23. The van der Waals surface area contributed by atoms with Gasteiger partial charge in [0, 0.05) is 53.9 Å². The predicted molar refractivity (Wildman–Crippen MR) is 196 cm³/mol. The SMILES string of the molecule is N#Cc1cc(-c2cccc(-n3c4cccnc4c4ccc5sc6ccccc6c5c43)c2)cc(-n2c3ccccc3c3ccccc32)c1. The Kier molecular flexibility index (Phi) is 5.48. The lowest BCUT2D eigenvalue weighted by atomic mass is 10.0. The van der Waals surface area contributed by atoms with Gasteiger partial charge in [-0.1, -0.05) is 66.7 Å². The van der Waals surface area contributed by atoms with Gasteiger partial charge in [-0.3, -0.25) is 4.98 Å². The second-order valence-corrected chi connectivity index (χ2v) is 13.0. The van der Waals surface area contributed by atoms with E-state index in [0.717, 1.165) is 50.0 Å². The molecular weight excluding hydrogens is 593 g/mol. The quantitative estimate of drug-likeness (QED) is 0.198. The number of aromatic nitrogens is 3. The van der Waals surface area contributed by atoms with Gasteiger partial charge in [0.2, 0.25) is 0 Å². The summed E-state index contributed by atoms with van der Waals surface area (Å²) in [5.74, 6) is 0. The van der Waals surface area contributed by atoms with Crippen molar-refractivity contribution in [2.75, 3.05) is 0 Å². The lowest BCUT2D eigenvalue weighted by Gasteiger charge is -2.13. The molecular formula is C42H24N4S. The molecule has 10 aromatic rings. The van der Waals surface area contributed by atoms with Gasteiger partial charge in [-0.05, 0) is 83.9 Å². The molecule has 47 heavy (non-hydrogen) atoms. The number of hydrogen-bond donors (Lipinski definition) is 0. The van der Waals surface area contributed by atoms with Crippen LogP contribution in [-0.2, 0) is 0 Å². The molecule has 10 rings (SSSR count). The summed E-state index contributed by atoms with van der Waals surface area (Å²) in [7, 11) is 0.